The van der Waals surface area contributed by atoms with Crippen molar-refractivity contribution in [1.29, 1.82) is 0 Å². The van der Waals surface area contributed by atoms with Crippen LogP contribution in [0.2, 0.25) is 0 Å². The predicted molar refractivity (Wildman–Crippen MR) is 249 cm³/mol. The van der Waals surface area contributed by atoms with Gasteiger partial charge in [-0.15, -0.1) is 11.3 Å². The zero-order valence-corrected chi connectivity index (χ0v) is 33.7. The third kappa shape index (κ3) is 4.86. The number of hydrogen-bond donors (Lipinski definition) is 0. The van der Waals surface area contributed by atoms with Crippen LogP contribution in [0.5, 0.6) is 0 Å². The van der Waals surface area contributed by atoms with E-state index in [1.807, 2.05) is 11.3 Å². The molecule has 272 valence electrons. The zero-order chi connectivity index (χ0) is 38.2. The highest BCUT2D eigenvalue weighted by Gasteiger charge is 2.49. The summed E-state index contributed by atoms with van der Waals surface area (Å²) in [7, 11) is -2.84. The van der Waals surface area contributed by atoms with Crippen molar-refractivity contribution < 1.29 is 0 Å². The smallest absolute Gasteiger partial charge is 0.135 e. The van der Waals surface area contributed by atoms with E-state index in [0.29, 0.717) is 0 Å². The minimum Gasteiger partial charge on any atom is -0.135 e. The van der Waals surface area contributed by atoms with Crippen LogP contribution in [-0.4, -0.2) is 8.07 Å². The second-order valence-corrected chi connectivity index (χ2v) is 20.7. The molecule has 58 heavy (non-hydrogen) atoms. The Kier molecular flexibility index (Phi) is 7.66. The van der Waals surface area contributed by atoms with E-state index < -0.39 is 8.07 Å². The van der Waals surface area contributed by atoms with E-state index in [1.165, 1.54) is 96.6 Å². The van der Waals surface area contributed by atoms with Gasteiger partial charge in [-0.2, -0.15) is 0 Å². The van der Waals surface area contributed by atoms with Gasteiger partial charge in [0.05, 0.1) is 0 Å². The normalized spacial score (nSPS) is 15.2. The Hall–Kier alpha value is -6.58. The van der Waals surface area contributed by atoms with Crippen molar-refractivity contribution in [2.45, 2.75) is 11.8 Å². The molecule has 3 aliphatic rings. The van der Waals surface area contributed by atoms with Crippen LogP contribution in [0.3, 0.4) is 0 Å². The summed E-state index contributed by atoms with van der Waals surface area (Å²) >= 11 is 1.88. The highest BCUT2D eigenvalue weighted by molar-refractivity contribution is 7.25. The lowest BCUT2D eigenvalue weighted by Crippen LogP contribution is -2.75. The molecule has 0 spiro atoms. The minimum absolute atomic E-state index is 0.0822. The van der Waals surface area contributed by atoms with Crippen molar-refractivity contribution in [3.05, 3.63) is 252 Å². The molecule has 1 heterocycles. The van der Waals surface area contributed by atoms with Crippen molar-refractivity contribution in [3.8, 4) is 22.3 Å². The maximum absolute atomic E-state index is 2.84. The van der Waals surface area contributed by atoms with Gasteiger partial charge in [-0.1, -0.05) is 194 Å². The molecule has 2 heteroatoms. The highest BCUT2D eigenvalue weighted by Crippen LogP contribution is 2.57. The Labute approximate surface area is 344 Å². The van der Waals surface area contributed by atoms with Gasteiger partial charge in [-0.05, 0) is 101 Å². The van der Waals surface area contributed by atoms with Gasteiger partial charge in [-0.25, -0.2) is 0 Å². The molecular weight excluding hydrogens is 733 g/mol. The molecule has 1 aromatic heterocycles. The van der Waals surface area contributed by atoms with Crippen molar-refractivity contribution in [2.24, 2.45) is 0 Å². The lowest BCUT2D eigenvalue weighted by Gasteiger charge is -2.47. The highest BCUT2D eigenvalue weighted by atomic mass is 32.1. The Morgan fingerprint density at radius 1 is 0.328 bits per heavy atom. The number of benzene rings is 9. The Balaban J connectivity index is 1.11. The molecule has 0 fully saturated rings. The first-order valence-corrected chi connectivity index (χ1v) is 23.1. The molecule has 0 amide bonds. The van der Waals surface area contributed by atoms with E-state index >= 15 is 0 Å². The van der Waals surface area contributed by atoms with Crippen LogP contribution in [-0.2, 0) is 0 Å². The molecule has 10 aromatic rings. The standard InChI is InChI=1S/C56H38SSi/c1-4-19-40(20-5-1)58(41-21-6-2-7-22-41,42-23-8-3-9-24-42)52-32-16-30-48-53-45-26-10-11-27-46(45)56(55(48)52)54-43(28-15-29-47(53)54)39-18-14-17-37(35-39)38-33-34-51-49(36-38)44-25-12-13-31-50(44)57-51/h1-36,53,56H. The lowest BCUT2D eigenvalue weighted by molar-refractivity contribution is 0.760. The van der Waals surface area contributed by atoms with Gasteiger partial charge in [-0.3, -0.25) is 0 Å². The number of rotatable bonds is 6. The maximum Gasteiger partial charge on any atom is 0.179 e. The summed E-state index contributed by atoms with van der Waals surface area (Å²) in [6, 6.07) is 83.0. The minimum atomic E-state index is -2.84. The first kappa shape index (κ1) is 33.5. The molecule has 0 aliphatic heterocycles. The summed E-state index contributed by atoms with van der Waals surface area (Å²) in [6.45, 7) is 0. The molecule has 0 saturated heterocycles. The van der Waals surface area contributed by atoms with Crippen molar-refractivity contribution in [1.82, 2.24) is 0 Å². The van der Waals surface area contributed by atoms with Gasteiger partial charge >= 0.3 is 0 Å². The SMILES string of the molecule is c1ccc([Si](c2ccccc2)(c2ccccc2)c2cccc3c2C2c4ccccc4C3c3cccc(-c4cccc(-c5ccc6sc7ccccc7c6c5)c4)c32)cc1. The summed E-state index contributed by atoms with van der Waals surface area (Å²) in [4.78, 5) is 0. The molecule has 0 N–H and O–H groups in total. The van der Waals surface area contributed by atoms with Gasteiger partial charge in [0.2, 0.25) is 0 Å². The number of fused-ring (bicyclic) bond motifs is 3. The Bertz CT molecular complexity index is 3080. The van der Waals surface area contributed by atoms with Crippen molar-refractivity contribution in [2.75, 3.05) is 0 Å². The van der Waals surface area contributed by atoms with Crippen LogP contribution < -0.4 is 20.7 Å². The second-order valence-electron chi connectivity index (χ2n) is 15.8. The largest absolute Gasteiger partial charge is 0.179 e. The van der Waals surface area contributed by atoms with E-state index in [0.717, 1.165) is 0 Å². The van der Waals surface area contributed by atoms with E-state index in [-0.39, 0.29) is 11.8 Å². The van der Waals surface area contributed by atoms with Crippen LogP contribution in [0.4, 0.5) is 0 Å². The fourth-order valence-electron chi connectivity index (χ4n) is 10.7. The summed E-state index contributed by atoms with van der Waals surface area (Å²) in [6.07, 6.45) is 0. The molecule has 0 saturated carbocycles. The van der Waals surface area contributed by atoms with E-state index in [2.05, 4.69) is 218 Å². The van der Waals surface area contributed by atoms with Crippen LogP contribution in [0.25, 0.3) is 42.4 Å². The van der Waals surface area contributed by atoms with Gasteiger partial charge in [0.15, 0.2) is 8.07 Å². The van der Waals surface area contributed by atoms with Crippen LogP contribution >= 0.6 is 11.3 Å². The summed E-state index contributed by atoms with van der Waals surface area (Å²) in [5.74, 6) is 0.233. The maximum atomic E-state index is 2.49. The third-order valence-corrected chi connectivity index (χ3v) is 19.0. The Morgan fingerprint density at radius 2 is 0.845 bits per heavy atom. The van der Waals surface area contributed by atoms with E-state index in [1.54, 1.807) is 0 Å². The average Bonchev–Trinajstić information content (AvgIpc) is 3.68. The molecule has 13 rings (SSSR count). The molecular formula is C56H38SSi. The number of hydrogen-bond acceptors (Lipinski definition) is 1. The van der Waals surface area contributed by atoms with E-state index in [9.17, 15) is 0 Å². The molecule has 2 unspecified atom stereocenters. The fraction of sp³-hybridized carbons (Fsp3) is 0.0357. The molecule has 0 radical (unpaired) electrons. The van der Waals surface area contributed by atoms with Gasteiger partial charge in [0.25, 0.3) is 0 Å². The van der Waals surface area contributed by atoms with Crippen LogP contribution in [0.15, 0.2) is 218 Å². The predicted octanol–water partition coefficient (Wildman–Crippen LogP) is 11.8. The molecule has 2 bridgehead atoms. The molecule has 2 atom stereocenters. The quantitative estimate of drug-likeness (QED) is 0.117. The molecule has 9 aromatic carbocycles. The van der Waals surface area contributed by atoms with Gasteiger partial charge in [0.1, 0.15) is 0 Å². The first-order valence-electron chi connectivity index (χ1n) is 20.3. The summed E-state index contributed by atoms with van der Waals surface area (Å²) in [5, 5.41) is 8.39. The first-order chi connectivity index (χ1) is 28.8. The van der Waals surface area contributed by atoms with Crippen molar-refractivity contribution >= 4 is 60.3 Å². The fourth-order valence-corrected chi connectivity index (χ4v) is 16.8. The monoisotopic (exact) mass is 770 g/mol. The summed E-state index contributed by atoms with van der Waals surface area (Å²) in [5.41, 5.74) is 13.8. The van der Waals surface area contributed by atoms with Crippen molar-refractivity contribution in [3.63, 3.8) is 0 Å². The topological polar surface area (TPSA) is 0 Å². The van der Waals surface area contributed by atoms with Gasteiger partial charge < -0.3 is 0 Å². The second kappa shape index (κ2) is 13.2. The zero-order valence-electron chi connectivity index (χ0n) is 31.8. The van der Waals surface area contributed by atoms with Crippen LogP contribution in [0.1, 0.15) is 45.2 Å². The average molecular weight is 771 g/mol. The molecule has 3 aliphatic carbocycles. The molecule has 0 nitrogen and oxygen atoms in total. The van der Waals surface area contributed by atoms with E-state index in [4.69, 9.17) is 0 Å². The summed E-state index contributed by atoms with van der Waals surface area (Å²) < 4.78 is 2.68. The lowest BCUT2D eigenvalue weighted by atomic mass is 9.60. The Morgan fingerprint density at radius 3 is 1.55 bits per heavy atom. The van der Waals surface area contributed by atoms with Crippen LogP contribution in [0, 0.1) is 0 Å². The number of thiophene rings is 1. The third-order valence-electron chi connectivity index (χ3n) is 13.0. The van der Waals surface area contributed by atoms with Gasteiger partial charge in [0, 0.05) is 32.0 Å².